The minimum absolute atomic E-state index is 0.302. The Morgan fingerprint density at radius 2 is 2.00 bits per heavy atom. The van der Waals surface area contributed by atoms with E-state index < -0.39 is 0 Å². The van der Waals surface area contributed by atoms with Crippen LogP contribution in [0.3, 0.4) is 0 Å². The lowest BCUT2D eigenvalue weighted by Gasteiger charge is -2.22. The number of nitrogens with zero attached hydrogens (tertiary/aromatic N) is 2. The van der Waals surface area contributed by atoms with Crippen molar-refractivity contribution in [2.24, 2.45) is 0 Å². The first-order chi connectivity index (χ1) is 6.70. The third kappa shape index (κ3) is 1.50. The van der Waals surface area contributed by atoms with E-state index in [0.29, 0.717) is 11.9 Å². The maximum absolute atomic E-state index is 9.83. The Balaban J connectivity index is 2.26. The molecule has 1 saturated heterocycles. The molecule has 78 valence electrons. The number of ether oxygens (including phenoxy) is 1. The van der Waals surface area contributed by atoms with Crippen LogP contribution < -0.4 is 0 Å². The van der Waals surface area contributed by atoms with E-state index in [1.807, 2.05) is 13.8 Å². The molecule has 1 aromatic rings. The molecular weight excluding hydrogens is 180 g/mol. The second-order valence-electron chi connectivity index (χ2n) is 3.82. The molecule has 0 amide bonds. The third-order valence-corrected chi connectivity index (χ3v) is 2.89. The van der Waals surface area contributed by atoms with Gasteiger partial charge in [0.25, 0.3) is 0 Å². The van der Waals surface area contributed by atoms with Crippen LogP contribution in [-0.4, -0.2) is 28.1 Å². The number of rotatable bonds is 1. The number of aromatic nitrogens is 2. The molecule has 1 N–H and O–H groups in total. The predicted molar refractivity (Wildman–Crippen MR) is 52.5 cm³/mol. The fourth-order valence-corrected chi connectivity index (χ4v) is 1.80. The highest BCUT2D eigenvalue weighted by Gasteiger charge is 2.21. The first-order valence-electron chi connectivity index (χ1n) is 5.02. The minimum atomic E-state index is 0.302. The van der Waals surface area contributed by atoms with Crippen molar-refractivity contribution < 1.29 is 9.84 Å². The quantitative estimate of drug-likeness (QED) is 0.741. The Morgan fingerprint density at radius 3 is 2.50 bits per heavy atom. The van der Waals surface area contributed by atoms with Crippen molar-refractivity contribution in [2.75, 3.05) is 13.2 Å². The molecule has 0 unspecified atom stereocenters. The molecular formula is C10H16N2O2. The number of aryl methyl sites for hydroxylation is 1. The Labute approximate surface area is 83.5 Å². The van der Waals surface area contributed by atoms with Crippen molar-refractivity contribution in [3.05, 3.63) is 11.3 Å². The van der Waals surface area contributed by atoms with Crippen LogP contribution in [0.15, 0.2) is 0 Å². The van der Waals surface area contributed by atoms with Crippen LogP contribution in [0.1, 0.15) is 30.1 Å². The van der Waals surface area contributed by atoms with E-state index in [4.69, 9.17) is 4.74 Å². The van der Waals surface area contributed by atoms with Crippen molar-refractivity contribution >= 4 is 0 Å². The summed E-state index contributed by atoms with van der Waals surface area (Å²) in [6, 6.07) is 0.302. The van der Waals surface area contributed by atoms with Crippen LogP contribution in [-0.2, 0) is 4.74 Å². The van der Waals surface area contributed by atoms with E-state index >= 15 is 0 Å². The van der Waals surface area contributed by atoms with E-state index in [9.17, 15) is 5.11 Å². The topological polar surface area (TPSA) is 47.3 Å². The van der Waals surface area contributed by atoms with Gasteiger partial charge in [-0.05, 0) is 26.7 Å². The SMILES string of the molecule is Cc1nn(C2CCOCC2)c(O)c1C. The van der Waals surface area contributed by atoms with Gasteiger partial charge in [-0.15, -0.1) is 0 Å². The van der Waals surface area contributed by atoms with Crippen molar-refractivity contribution in [3.8, 4) is 5.88 Å². The summed E-state index contributed by atoms with van der Waals surface area (Å²) in [6.07, 6.45) is 1.88. The molecule has 4 heteroatoms. The van der Waals surface area contributed by atoms with E-state index in [1.165, 1.54) is 0 Å². The summed E-state index contributed by atoms with van der Waals surface area (Å²) >= 11 is 0. The molecule has 1 aliphatic rings. The molecule has 0 bridgehead atoms. The van der Waals surface area contributed by atoms with E-state index in [-0.39, 0.29) is 0 Å². The number of hydrogen-bond donors (Lipinski definition) is 1. The van der Waals surface area contributed by atoms with Gasteiger partial charge in [-0.25, -0.2) is 4.68 Å². The summed E-state index contributed by atoms with van der Waals surface area (Å²) in [4.78, 5) is 0. The number of aromatic hydroxyl groups is 1. The Morgan fingerprint density at radius 1 is 1.36 bits per heavy atom. The molecule has 14 heavy (non-hydrogen) atoms. The first-order valence-corrected chi connectivity index (χ1v) is 5.02. The van der Waals surface area contributed by atoms with Gasteiger partial charge in [0.1, 0.15) is 0 Å². The van der Waals surface area contributed by atoms with Crippen LogP contribution in [0.4, 0.5) is 0 Å². The summed E-state index contributed by atoms with van der Waals surface area (Å²) in [5.74, 6) is 0.314. The zero-order valence-corrected chi connectivity index (χ0v) is 8.66. The van der Waals surface area contributed by atoms with Crippen molar-refractivity contribution in [2.45, 2.75) is 32.7 Å². The van der Waals surface area contributed by atoms with Gasteiger partial charge in [-0.2, -0.15) is 5.10 Å². The van der Waals surface area contributed by atoms with Crippen LogP contribution in [0.5, 0.6) is 5.88 Å². The van der Waals surface area contributed by atoms with E-state index in [1.54, 1.807) is 4.68 Å². The van der Waals surface area contributed by atoms with Gasteiger partial charge in [-0.3, -0.25) is 0 Å². The van der Waals surface area contributed by atoms with Crippen LogP contribution >= 0.6 is 0 Å². The standard InChI is InChI=1S/C10H16N2O2/c1-7-8(2)11-12(10(7)13)9-3-5-14-6-4-9/h9,13H,3-6H2,1-2H3. The molecule has 1 aliphatic heterocycles. The molecule has 4 nitrogen and oxygen atoms in total. The lowest BCUT2D eigenvalue weighted by molar-refractivity contribution is 0.0638. The average Bonchev–Trinajstić information content (AvgIpc) is 2.47. The third-order valence-electron chi connectivity index (χ3n) is 2.89. The van der Waals surface area contributed by atoms with Crippen molar-refractivity contribution in [1.29, 1.82) is 0 Å². The molecule has 0 radical (unpaired) electrons. The fraction of sp³-hybridized carbons (Fsp3) is 0.700. The highest BCUT2D eigenvalue weighted by Crippen LogP contribution is 2.28. The van der Waals surface area contributed by atoms with Crippen LogP contribution in [0.25, 0.3) is 0 Å². The smallest absolute Gasteiger partial charge is 0.212 e. The zero-order chi connectivity index (χ0) is 10.1. The molecule has 2 rings (SSSR count). The molecule has 0 spiro atoms. The molecule has 0 aliphatic carbocycles. The maximum atomic E-state index is 9.83. The Bertz CT molecular complexity index is 327. The van der Waals surface area contributed by atoms with E-state index in [2.05, 4.69) is 5.10 Å². The number of hydrogen-bond acceptors (Lipinski definition) is 3. The van der Waals surface area contributed by atoms with Gasteiger partial charge in [0.2, 0.25) is 5.88 Å². The average molecular weight is 196 g/mol. The maximum Gasteiger partial charge on any atom is 0.212 e. The normalized spacial score (nSPS) is 18.7. The van der Waals surface area contributed by atoms with Gasteiger partial charge in [0, 0.05) is 18.8 Å². The van der Waals surface area contributed by atoms with Gasteiger partial charge in [-0.1, -0.05) is 0 Å². The summed E-state index contributed by atoms with van der Waals surface area (Å²) < 4.78 is 7.02. The van der Waals surface area contributed by atoms with Crippen molar-refractivity contribution in [1.82, 2.24) is 9.78 Å². The van der Waals surface area contributed by atoms with Gasteiger partial charge in [0.05, 0.1) is 11.7 Å². The molecule has 0 atom stereocenters. The largest absolute Gasteiger partial charge is 0.493 e. The lowest BCUT2D eigenvalue weighted by atomic mass is 10.1. The minimum Gasteiger partial charge on any atom is -0.493 e. The summed E-state index contributed by atoms with van der Waals surface area (Å²) in [6.45, 7) is 5.35. The summed E-state index contributed by atoms with van der Waals surface area (Å²) in [5, 5.41) is 14.2. The lowest BCUT2D eigenvalue weighted by Crippen LogP contribution is -2.20. The second kappa shape index (κ2) is 3.61. The van der Waals surface area contributed by atoms with Crippen LogP contribution in [0, 0.1) is 13.8 Å². The summed E-state index contributed by atoms with van der Waals surface area (Å²) in [5.41, 5.74) is 1.80. The fourth-order valence-electron chi connectivity index (χ4n) is 1.80. The highest BCUT2D eigenvalue weighted by molar-refractivity contribution is 5.28. The molecule has 2 heterocycles. The summed E-state index contributed by atoms with van der Waals surface area (Å²) in [7, 11) is 0. The molecule has 1 aromatic heterocycles. The molecule has 0 aromatic carbocycles. The monoisotopic (exact) mass is 196 g/mol. The van der Waals surface area contributed by atoms with Gasteiger partial charge < -0.3 is 9.84 Å². The Hall–Kier alpha value is -1.03. The second-order valence-corrected chi connectivity index (χ2v) is 3.82. The van der Waals surface area contributed by atoms with E-state index in [0.717, 1.165) is 37.3 Å². The Kier molecular flexibility index (Phi) is 2.46. The zero-order valence-electron chi connectivity index (χ0n) is 8.66. The van der Waals surface area contributed by atoms with Gasteiger partial charge >= 0.3 is 0 Å². The molecule has 0 saturated carbocycles. The predicted octanol–water partition coefficient (Wildman–Crippen LogP) is 1.56. The highest BCUT2D eigenvalue weighted by atomic mass is 16.5. The molecule has 1 fully saturated rings. The van der Waals surface area contributed by atoms with Crippen molar-refractivity contribution in [3.63, 3.8) is 0 Å². The first kappa shape index (κ1) is 9.52. The van der Waals surface area contributed by atoms with Gasteiger partial charge in [0.15, 0.2) is 0 Å². The van der Waals surface area contributed by atoms with Crippen LogP contribution in [0.2, 0.25) is 0 Å².